The predicted molar refractivity (Wildman–Crippen MR) is 73.6 cm³/mol. The fourth-order valence-electron chi connectivity index (χ4n) is 1.92. The van der Waals surface area contributed by atoms with Gasteiger partial charge in [0.1, 0.15) is 0 Å². The van der Waals surface area contributed by atoms with Gasteiger partial charge < -0.3 is 9.52 Å². The van der Waals surface area contributed by atoms with Crippen molar-refractivity contribution in [2.24, 2.45) is 0 Å². The smallest absolute Gasteiger partial charge is 0.373 e. The number of carbonyl (C=O) groups is 1. The van der Waals surface area contributed by atoms with E-state index >= 15 is 0 Å². The molecule has 1 aliphatic carbocycles. The van der Waals surface area contributed by atoms with Crippen molar-refractivity contribution in [1.82, 2.24) is 4.98 Å². The molecule has 0 aliphatic heterocycles. The van der Waals surface area contributed by atoms with Gasteiger partial charge in [-0.3, -0.25) is 0 Å². The second-order valence-corrected chi connectivity index (χ2v) is 5.82. The highest BCUT2D eigenvalue weighted by Gasteiger charge is 2.33. The lowest BCUT2D eigenvalue weighted by molar-refractivity contribution is 0.0661. The standard InChI is InChI=1S/C13H9BrClNO3/c14-8-3-7(4-9(15)5-8)12-16-10(6-1-2-6)11(19-12)13(17)18/h3-6H,1-2H2,(H,17,18). The average Bonchev–Trinajstić information content (AvgIpc) is 3.06. The zero-order valence-corrected chi connectivity index (χ0v) is 12.0. The molecule has 2 aromatic rings. The number of halogens is 2. The highest BCUT2D eigenvalue weighted by Crippen LogP contribution is 2.42. The Morgan fingerprint density at radius 3 is 2.74 bits per heavy atom. The molecule has 1 heterocycles. The van der Waals surface area contributed by atoms with Crippen LogP contribution in [0.25, 0.3) is 11.5 Å². The van der Waals surface area contributed by atoms with Crippen LogP contribution in [0, 0.1) is 0 Å². The molecule has 98 valence electrons. The van der Waals surface area contributed by atoms with E-state index < -0.39 is 5.97 Å². The summed E-state index contributed by atoms with van der Waals surface area (Å²) in [6.45, 7) is 0. The van der Waals surface area contributed by atoms with Crippen LogP contribution < -0.4 is 0 Å². The van der Waals surface area contributed by atoms with Gasteiger partial charge >= 0.3 is 5.97 Å². The van der Waals surface area contributed by atoms with E-state index in [1.54, 1.807) is 18.2 Å². The van der Waals surface area contributed by atoms with Crippen LogP contribution in [0.3, 0.4) is 0 Å². The molecule has 4 nitrogen and oxygen atoms in total. The molecule has 1 aromatic heterocycles. The van der Waals surface area contributed by atoms with Gasteiger partial charge in [0, 0.05) is 21.0 Å². The number of oxazole rings is 1. The maximum atomic E-state index is 11.2. The van der Waals surface area contributed by atoms with Crippen LogP contribution in [-0.4, -0.2) is 16.1 Å². The van der Waals surface area contributed by atoms with Crippen LogP contribution in [0.4, 0.5) is 0 Å². The Bertz CT molecular complexity index is 644. The monoisotopic (exact) mass is 341 g/mol. The van der Waals surface area contributed by atoms with Crippen LogP contribution in [0.15, 0.2) is 27.1 Å². The van der Waals surface area contributed by atoms with Crippen molar-refractivity contribution in [3.8, 4) is 11.5 Å². The van der Waals surface area contributed by atoms with Crippen molar-refractivity contribution < 1.29 is 14.3 Å². The molecule has 19 heavy (non-hydrogen) atoms. The molecular formula is C13H9BrClNO3. The van der Waals surface area contributed by atoms with E-state index in [0.29, 0.717) is 22.2 Å². The zero-order valence-electron chi connectivity index (χ0n) is 9.69. The third-order valence-electron chi connectivity index (χ3n) is 2.92. The lowest BCUT2D eigenvalue weighted by atomic mass is 10.2. The fraction of sp³-hybridized carbons (Fsp3) is 0.231. The molecule has 3 rings (SSSR count). The van der Waals surface area contributed by atoms with E-state index in [4.69, 9.17) is 21.1 Å². The molecule has 1 fully saturated rings. The van der Waals surface area contributed by atoms with E-state index in [-0.39, 0.29) is 11.7 Å². The van der Waals surface area contributed by atoms with Gasteiger partial charge in [-0.1, -0.05) is 27.5 Å². The van der Waals surface area contributed by atoms with E-state index in [2.05, 4.69) is 20.9 Å². The topological polar surface area (TPSA) is 63.3 Å². The number of carboxylic acids is 1. The van der Waals surface area contributed by atoms with E-state index in [1.165, 1.54) is 0 Å². The summed E-state index contributed by atoms with van der Waals surface area (Å²) in [4.78, 5) is 15.5. The van der Waals surface area contributed by atoms with Gasteiger partial charge in [-0.2, -0.15) is 0 Å². The first-order chi connectivity index (χ1) is 9.04. The number of hydrogen-bond acceptors (Lipinski definition) is 3. The van der Waals surface area contributed by atoms with Gasteiger partial charge in [0.25, 0.3) is 0 Å². The first-order valence-corrected chi connectivity index (χ1v) is 6.92. The summed E-state index contributed by atoms with van der Waals surface area (Å²) in [5.74, 6) is -0.635. The van der Waals surface area contributed by atoms with Gasteiger partial charge in [0.05, 0.1) is 5.69 Å². The molecule has 0 saturated heterocycles. The van der Waals surface area contributed by atoms with Gasteiger partial charge in [-0.05, 0) is 31.0 Å². The molecule has 6 heteroatoms. The minimum atomic E-state index is -1.08. The van der Waals surface area contributed by atoms with Crippen LogP contribution in [-0.2, 0) is 0 Å². The minimum Gasteiger partial charge on any atom is -0.475 e. The molecule has 0 atom stereocenters. The van der Waals surface area contributed by atoms with Crippen LogP contribution in [0.5, 0.6) is 0 Å². The Hall–Kier alpha value is -1.33. The summed E-state index contributed by atoms with van der Waals surface area (Å²) in [5.41, 5.74) is 1.20. The summed E-state index contributed by atoms with van der Waals surface area (Å²) < 4.78 is 6.17. The van der Waals surface area contributed by atoms with Crippen molar-refractivity contribution in [2.45, 2.75) is 18.8 Å². The Labute approximate surface area is 122 Å². The maximum absolute atomic E-state index is 11.2. The summed E-state index contributed by atoms with van der Waals surface area (Å²) >= 11 is 9.30. The number of aromatic carboxylic acids is 1. The molecule has 1 aliphatic rings. The van der Waals surface area contributed by atoms with Crippen molar-refractivity contribution in [3.05, 3.63) is 39.1 Å². The largest absolute Gasteiger partial charge is 0.475 e. The number of nitrogens with zero attached hydrogens (tertiary/aromatic N) is 1. The number of benzene rings is 1. The van der Waals surface area contributed by atoms with Gasteiger partial charge in [0.2, 0.25) is 11.7 Å². The Morgan fingerprint density at radius 1 is 1.42 bits per heavy atom. The quantitative estimate of drug-likeness (QED) is 0.901. The fourth-order valence-corrected chi connectivity index (χ4v) is 2.78. The van der Waals surface area contributed by atoms with Gasteiger partial charge in [-0.25, -0.2) is 9.78 Å². The Kier molecular flexibility index (Phi) is 3.11. The molecule has 1 N–H and O–H groups in total. The molecular weight excluding hydrogens is 334 g/mol. The van der Waals surface area contributed by atoms with Crippen LogP contribution in [0.2, 0.25) is 5.02 Å². The van der Waals surface area contributed by atoms with Gasteiger partial charge in [-0.15, -0.1) is 0 Å². The summed E-state index contributed by atoms with van der Waals surface area (Å²) in [7, 11) is 0. The Morgan fingerprint density at radius 2 is 2.16 bits per heavy atom. The van der Waals surface area contributed by atoms with Crippen LogP contribution in [0.1, 0.15) is 35.0 Å². The van der Waals surface area contributed by atoms with Crippen molar-refractivity contribution in [2.75, 3.05) is 0 Å². The molecule has 0 amide bonds. The summed E-state index contributed by atoms with van der Waals surface area (Å²) in [6.07, 6.45) is 1.93. The number of carboxylic acid groups (broad SMARTS) is 1. The van der Waals surface area contributed by atoms with E-state index in [9.17, 15) is 4.79 Å². The van der Waals surface area contributed by atoms with E-state index in [1.807, 2.05) is 0 Å². The molecule has 0 bridgehead atoms. The molecule has 1 aromatic carbocycles. The Balaban J connectivity index is 2.09. The van der Waals surface area contributed by atoms with E-state index in [0.717, 1.165) is 17.3 Å². The first kappa shape index (κ1) is 12.7. The number of rotatable bonds is 3. The second-order valence-electron chi connectivity index (χ2n) is 4.47. The summed E-state index contributed by atoms with van der Waals surface area (Å²) in [6, 6.07) is 5.23. The predicted octanol–water partition coefficient (Wildman–Crippen LogP) is 4.33. The molecule has 0 spiro atoms. The van der Waals surface area contributed by atoms with Crippen molar-refractivity contribution >= 4 is 33.5 Å². The lowest BCUT2D eigenvalue weighted by Gasteiger charge is -1.98. The third kappa shape index (κ3) is 2.53. The van der Waals surface area contributed by atoms with Crippen molar-refractivity contribution in [3.63, 3.8) is 0 Å². The lowest BCUT2D eigenvalue weighted by Crippen LogP contribution is -1.98. The second kappa shape index (κ2) is 4.65. The molecule has 1 saturated carbocycles. The highest BCUT2D eigenvalue weighted by molar-refractivity contribution is 9.10. The number of aromatic nitrogens is 1. The normalized spacial score (nSPS) is 14.6. The maximum Gasteiger partial charge on any atom is 0.373 e. The summed E-state index contributed by atoms with van der Waals surface area (Å²) in [5, 5.41) is 9.68. The van der Waals surface area contributed by atoms with Crippen LogP contribution >= 0.6 is 27.5 Å². The average molecular weight is 343 g/mol. The minimum absolute atomic E-state index is 0.0615. The molecule has 0 unspecified atom stereocenters. The van der Waals surface area contributed by atoms with Crippen molar-refractivity contribution in [1.29, 1.82) is 0 Å². The SMILES string of the molecule is O=C(O)c1oc(-c2cc(Cl)cc(Br)c2)nc1C1CC1. The molecule has 0 radical (unpaired) electrons. The zero-order chi connectivity index (χ0) is 13.6. The number of hydrogen-bond donors (Lipinski definition) is 1. The first-order valence-electron chi connectivity index (χ1n) is 5.75. The highest BCUT2D eigenvalue weighted by atomic mass is 79.9. The third-order valence-corrected chi connectivity index (χ3v) is 3.60. The van der Waals surface area contributed by atoms with Gasteiger partial charge in [0.15, 0.2) is 0 Å².